The Kier molecular flexibility index (Phi) is 6.38. The lowest BCUT2D eigenvalue weighted by Gasteiger charge is -2.38. The van der Waals surface area contributed by atoms with Crippen molar-refractivity contribution in [3.8, 4) is 6.07 Å². The molecule has 0 aliphatic carbocycles. The molecular formula is C25H23Cl2N3O. The molecule has 158 valence electrons. The summed E-state index contributed by atoms with van der Waals surface area (Å²) in [6.45, 7) is 4.58. The van der Waals surface area contributed by atoms with E-state index in [1.54, 1.807) is 0 Å². The number of nitriles is 1. The second kappa shape index (κ2) is 9.20. The highest BCUT2D eigenvalue weighted by molar-refractivity contribution is 6.30. The quantitative estimate of drug-likeness (QED) is 0.631. The molecular weight excluding hydrogens is 429 g/mol. The SMILES string of the molecule is CCCN1CC(=Cc2ccc(Cl)cc2)C2=C(C1)C(c1ccc(Cl)cc1)C(C#N)=C(N)O2. The Morgan fingerprint density at radius 2 is 1.74 bits per heavy atom. The van der Waals surface area contributed by atoms with Crippen molar-refractivity contribution in [3.63, 3.8) is 0 Å². The maximum atomic E-state index is 9.88. The monoisotopic (exact) mass is 451 g/mol. The van der Waals surface area contributed by atoms with Crippen molar-refractivity contribution < 1.29 is 4.74 Å². The van der Waals surface area contributed by atoms with Crippen LogP contribution in [0.1, 0.15) is 30.4 Å². The molecule has 2 aliphatic heterocycles. The fourth-order valence-electron chi connectivity index (χ4n) is 4.21. The van der Waals surface area contributed by atoms with Crippen LogP contribution in [0.5, 0.6) is 0 Å². The summed E-state index contributed by atoms with van der Waals surface area (Å²) >= 11 is 12.2. The van der Waals surface area contributed by atoms with Crippen LogP contribution in [-0.4, -0.2) is 24.5 Å². The summed E-state index contributed by atoms with van der Waals surface area (Å²) in [5.41, 5.74) is 10.8. The number of halogens is 2. The zero-order valence-corrected chi connectivity index (χ0v) is 18.7. The molecule has 6 heteroatoms. The highest BCUT2D eigenvalue weighted by Crippen LogP contribution is 2.44. The lowest BCUT2D eigenvalue weighted by molar-refractivity contribution is 0.234. The van der Waals surface area contributed by atoms with Crippen molar-refractivity contribution in [2.24, 2.45) is 5.73 Å². The first-order chi connectivity index (χ1) is 15.0. The van der Waals surface area contributed by atoms with Gasteiger partial charge in [0.1, 0.15) is 17.4 Å². The number of rotatable bonds is 4. The summed E-state index contributed by atoms with van der Waals surface area (Å²) in [4.78, 5) is 2.38. The molecule has 0 spiro atoms. The molecule has 1 atom stereocenters. The van der Waals surface area contributed by atoms with Gasteiger partial charge in [0.2, 0.25) is 5.88 Å². The zero-order valence-electron chi connectivity index (χ0n) is 17.2. The number of nitrogens with two attached hydrogens (primary N) is 1. The van der Waals surface area contributed by atoms with Crippen LogP contribution in [0.15, 0.2) is 76.9 Å². The predicted octanol–water partition coefficient (Wildman–Crippen LogP) is 5.86. The number of nitrogens with zero attached hydrogens (tertiary/aromatic N) is 2. The van der Waals surface area contributed by atoms with E-state index in [4.69, 9.17) is 33.7 Å². The van der Waals surface area contributed by atoms with Gasteiger partial charge in [-0.1, -0.05) is 54.4 Å². The van der Waals surface area contributed by atoms with Gasteiger partial charge in [0.25, 0.3) is 0 Å². The van der Waals surface area contributed by atoms with Gasteiger partial charge in [-0.05, 0) is 60.0 Å². The molecule has 0 bridgehead atoms. The van der Waals surface area contributed by atoms with Gasteiger partial charge in [-0.2, -0.15) is 5.26 Å². The standard InChI is InChI=1S/C25H23Cl2N3O/c1-2-11-30-14-18(12-16-3-7-19(26)8-4-16)24-22(15-30)23(21(13-28)25(29)31-24)17-5-9-20(27)10-6-17/h3-10,12,23H,2,11,14-15,29H2,1H3. The molecule has 0 saturated heterocycles. The molecule has 2 aromatic carbocycles. The molecule has 2 heterocycles. The Bertz CT molecular complexity index is 1110. The third-order valence-electron chi connectivity index (χ3n) is 5.56. The summed E-state index contributed by atoms with van der Waals surface area (Å²) in [6, 6.07) is 17.6. The van der Waals surface area contributed by atoms with Crippen LogP contribution in [0, 0.1) is 11.3 Å². The molecule has 1 unspecified atom stereocenters. The van der Waals surface area contributed by atoms with Crippen molar-refractivity contribution in [1.29, 1.82) is 5.26 Å². The van der Waals surface area contributed by atoms with E-state index < -0.39 is 0 Å². The Morgan fingerprint density at radius 3 is 2.35 bits per heavy atom. The lowest BCUT2D eigenvalue weighted by atomic mass is 9.80. The summed E-state index contributed by atoms with van der Waals surface area (Å²) < 4.78 is 6.07. The Labute approximate surface area is 192 Å². The van der Waals surface area contributed by atoms with E-state index in [1.807, 2.05) is 48.5 Å². The number of ether oxygens (including phenoxy) is 1. The molecule has 2 N–H and O–H groups in total. The molecule has 4 rings (SSSR count). The van der Waals surface area contributed by atoms with Crippen LogP contribution in [0.4, 0.5) is 0 Å². The van der Waals surface area contributed by atoms with E-state index in [2.05, 4.69) is 24.0 Å². The van der Waals surface area contributed by atoms with Crippen LogP contribution < -0.4 is 5.73 Å². The summed E-state index contributed by atoms with van der Waals surface area (Å²) in [7, 11) is 0. The first kappa shape index (κ1) is 21.5. The molecule has 0 fully saturated rings. The fraction of sp³-hybridized carbons (Fsp3) is 0.240. The number of benzene rings is 2. The van der Waals surface area contributed by atoms with Crippen LogP contribution in [0.2, 0.25) is 10.0 Å². The molecule has 31 heavy (non-hydrogen) atoms. The van der Waals surface area contributed by atoms with Gasteiger partial charge >= 0.3 is 0 Å². The second-order valence-corrected chi connectivity index (χ2v) is 8.64. The zero-order chi connectivity index (χ0) is 22.0. The van der Waals surface area contributed by atoms with E-state index in [0.717, 1.165) is 47.5 Å². The van der Waals surface area contributed by atoms with Gasteiger partial charge < -0.3 is 10.5 Å². The molecule has 0 radical (unpaired) electrons. The predicted molar refractivity (Wildman–Crippen MR) is 125 cm³/mol. The average Bonchev–Trinajstić information content (AvgIpc) is 2.76. The molecule has 0 amide bonds. The summed E-state index contributed by atoms with van der Waals surface area (Å²) in [5, 5.41) is 11.2. The minimum Gasteiger partial charge on any atom is -0.440 e. The molecule has 2 aromatic rings. The van der Waals surface area contributed by atoms with Crippen molar-refractivity contribution in [2.75, 3.05) is 19.6 Å². The van der Waals surface area contributed by atoms with Crippen LogP contribution in [0.3, 0.4) is 0 Å². The molecule has 0 aromatic heterocycles. The van der Waals surface area contributed by atoms with Crippen molar-refractivity contribution in [3.05, 3.63) is 98.1 Å². The highest BCUT2D eigenvalue weighted by atomic mass is 35.5. The van der Waals surface area contributed by atoms with Gasteiger partial charge in [0.15, 0.2) is 0 Å². The Hall–Kier alpha value is -2.71. The maximum Gasteiger partial charge on any atom is 0.205 e. The van der Waals surface area contributed by atoms with Gasteiger partial charge in [0, 0.05) is 28.7 Å². The normalized spacial score (nSPS) is 20.5. The van der Waals surface area contributed by atoms with E-state index in [1.165, 1.54) is 0 Å². The average molecular weight is 452 g/mol. The third-order valence-corrected chi connectivity index (χ3v) is 6.06. The third kappa shape index (κ3) is 4.50. The van der Waals surface area contributed by atoms with Crippen LogP contribution >= 0.6 is 23.2 Å². The minimum atomic E-state index is -0.265. The van der Waals surface area contributed by atoms with Gasteiger partial charge in [-0.25, -0.2) is 0 Å². The maximum absolute atomic E-state index is 9.88. The van der Waals surface area contributed by atoms with Gasteiger partial charge in [-0.15, -0.1) is 0 Å². The Balaban J connectivity index is 1.85. The number of allylic oxidation sites excluding steroid dienone is 1. The van der Waals surface area contributed by atoms with Crippen LogP contribution in [0.25, 0.3) is 6.08 Å². The molecule has 0 saturated carbocycles. The van der Waals surface area contributed by atoms with Crippen molar-refractivity contribution in [1.82, 2.24) is 4.90 Å². The number of hydrogen-bond donors (Lipinski definition) is 1. The number of hydrogen-bond acceptors (Lipinski definition) is 4. The van der Waals surface area contributed by atoms with Crippen molar-refractivity contribution in [2.45, 2.75) is 19.3 Å². The first-order valence-electron chi connectivity index (χ1n) is 10.2. The van der Waals surface area contributed by atoms with E-state index in [-0.39, 0.29) is 11.8 Å². The second-order valence-electron chi connectivity index (χ2n) is 7.76. The van der Waals surface area contributed by atoms with Gasteiger partial charge in [0.05, 0.1) is 5.92 Å². The smallest absolute Gasteiger partial charge is 0.205 e. The van der Waals surface area contributed by atoms with E-state index >= 15 is 0 Å². The largest absolute Gasteiger partial charge is 0.440 e. The highest BCUT2D eigenvalue weighted by Gasteiger charge is 2.37. The first-order valence-corrected chi connectivity index (χ1v) is 11.0. The summed E-state index contributed by atoms with van der Waals surface area (Å²) in [6.07, 6.45) is 3.14. The van der Waals surface area contributed by atoms with E-state index in [9.17, 15) is 5.26 Å². The lowest BCUT2D eigenvalue weighted by Crippen LogP contribution is -2.38. The molecule has 4 nitrogen and oxygen atoms in total. The fourth-order valence-corrected chi connectivity index (χ4v) is 4.46. The van der Waals surface area contributed by atoms with Crippen LogP contribution in [-0.2, 0) is 4.74 Å². The summed E-state index contributed by atoms with van der Waals surface area (Å²) in [5.74, 6) is 0.658. The minimum absolute atomic E-state index is 0.159. The van der Waals surface area contributed by atoms with Gasteiger partial charge in [-0.3, -0.25) is 4.90 Å². The molecule has 2 aliphatic rings. The Morgan fingerprint density at radius 1 is 1.10 bits per heavy atom. The van der Waals surface area contributed by atoms with Crippen molar-refractivity contribution >= 4 is 29.3 Å². The topological polar surface area (TPSA) is 62.3 Å². The van der Waals surface area contributed by atoms with E-state index in [0.29, 0.717) is 22.2 Å².